The van der Waals surface area contributed by atoms with Crippen LogP contribution in [0.2, 0.25) is 10.0 Å². The quantitative estimate of drug-likeness (QED) is 0.398. The molecule has 5 nitrogen and oxygen atoms in total. The van der Waals surface area contributed by atoms with Crippen LogP contribution in [-0.4, -0.2) is 25.2 Å². The molecule has 8 heteroatoms. The normalized spacial score (nSPS) is 12.6. The number of aryl methyl sites for hydroxylation is 3. The average molecular weight is 519 g/mol. The minimum absolute atomic E-state index is 0.0104. The lowest BCUT2D eigenvalue weighted by Gasteiger charge is -2.24. The van der Waals surface area contributed by atoms with Crippen molar-refractivity contribution in [3.8, 4) is 0 Å². The fourth-order valence-electron chi connectivity index (χ4n) is 3.80. The van der Waals surface area contributed by atoms with Crippen LogP contribution in [0.5, 0.6) is 0 Å². The van der Waals surface area contributed by atoms with E-state index in [-0.39, 0.29) is 34.1 Å². The van der Waals surface area contributed by atoms with Gasteiger partial charge in [-0.25, -0.2) is 8.42 Å². The number of amides is 1. The maximum atomic E-state index is 13.5. The van der Waals surface area contributed by atoms with Crippen molar-refractivity contribution in [3.05, 3.63) is 98.5 Å². The molecule has 3 aromatic rings. The van der Waals surface area contributed by atoms with Gasteiger partial charge in [-0.05, 0) is 73.7 Å². The SMILES string of the molecule is Cc1cc(C)c([C@@H](C)NC(=O)CN(Cc2ccccc2)S(=O)(=O)c2cc(Cl)ccc2Cl)cc1C. The molecule has 3 aromatic carbocycles. The van der Waals surface area contributed by atoms with Gasteiger partial charge in [0.1, 0.15) is 4.90 Å². The van der Waals surface area contributed by atoms with Crippen LogP contribution in [0.3, 0.4) is 0 Å². The number of nitrogens with one attached hydrogen (secondary N) is 1. The summed E-state index contributed by atoms with van der Waals surface area (Å²) >= 11 is 12.3. The highest BCUT2D eigenvalue weighted by molar-refractivity contribution is 7.89. The minimum Gasteiger partial charge on any atom is -0.348 e. The summed E-state index contributed by atoms with van der Waals surface area (Å²) in [5, 5.41) is 3.23. The molecule has 0 bridgehead atoms. The molecule has 0 fully saturated rings. The second-order valence-corrected chi connectivity index (χ2v) is 11.2. The minimum atomic E-state index is -4.11. The van der Waals surface area contributed by atoms with Gasteiger partial charge in [0, 0.05) is 11.6 Å². The average Bonchev–Trinajstić information content (AvgIpc) is 2.78. The van der Waals surface area contributed by atoms with Crippen LogP contribution in [0.15, 0.2) is 65.6 Å². The van der Waals surface area contributed by atoms with Crippen molar-refractivity contribution in [3.63, 3.8) is 0 Å². The van der Waals surface area contributed by atoms with Crippen molar-refractivity contribution in [1.82, 2.24) is 9.62 Å². The molecule has 3 rings (SSSR count). The van der Waals surface area contributed by atoms with Gasteiger partial charge >= 0.3 is 0 Å². The number of halogens is 2. The van der Waals surface area contributed by atoms with Crippen LogP contribution in [-0.2, 0) is 21.4 Å². The monoisotopic (exact) mass is 518 g/mol. The van der Waals surface area contributed by atoms with E-state index in [4.69, 9.17) is 23.2 Å². The largest absolute Gasteiger partial charge is 0.348 e. The van der Waals surface area contributed by atoms with Crippen molar-refractivity contribution in [2.24, 2.45) is 0 Å². The molecule has 0 spiro atoms. The van der Waals surface area contributed by atoms with Gasteiger partial charge in [-0.2, -0.15) is 4.31 Å². The first-order chi connectivity index (χ1) is 16.0. The third-order valence-electron chi connectivity index (χ3n) is 5.76. The van der Waals surface area contributed by atoms with E-state index >= 15 is 0 Å². The van der Waals surface area contributed by atoms with Gasteiger partial charge in [0.2, 0.25) is 15.9 Å². The maximum Gasteiger partial charge on any atom is 0.245 e. The van der Waals surface area contributed by atoms with Gasteiger partial charge in [0.05, 0.1) is 17.6 Å². The Morgan fingerprint density at radius 3 is 2.26 bits per heavy atom. The van der Waals surface area contributed by atoms with Gasteiger partial charge in [-0.15, -0.1) is 0 Å². The zero-order chi connectivity index (χ0) is 25.0. The Morgan fingerprint density at radius 2 is 1.59 bits per heavy atom. The zero-order valence-electron chi connectivity index (χ0n) is 19.6. The predicted octanol–water partition coefficient (Wildman–Crippen LogP) is 5.99. The summed E-state index contributed by atoms with van der Waals surface area (Å²) in [6.45, 7) is 7.60. The summed E-state index contributed by atoms with van der Waals surface area (Å²) < 4.78 is 28.2. The molecule has 0 aliphatic heterocycles. The molecule has 1 atom stereocenters. The van der Waals surface area contributed by atoms with Gasteiger partial charge in [-0.3, -0.25) is 4.79 Å². The van der Waals surface area contributed by atoms with E-state index in [9.17, 15) is 13.2 Å². The Bertz CT molecular complexity index is 1290. The number of carbonyl (C=O) groups excluding carboxylic acids is 1. The molecule has 0 heterocycles. The molecule has 0 unspecified atom stereocenters. The Kier molecular flexibility index (Phi) is 8.42. The molecule has 1 amide bonds. The van der Waals surface area contributed by atoms with E-state index in [2.05, 4.69) is 17.4 Å². The molecular weight excluding hydrogens is 491 g/mol. The molecule has 0 saturated carbocycles. The lowest BCUT2D eigenvalue weighted by atomic mass is 9.96. The standard InChI is InChI=1S/C26H28Cl2N2O3S/c1-17-12-19(3)23(13-18(17)2)20(4)29-26(31)16-30(15-21-8-6-5-7-9-21)34(32,33)25-14-22(27)10-11-24(25)28/h5-14,20H,15-16H2,1-4H3,(H,29,31)/t20-/m1/s1. The lowest BCUT2D eigenvalue weighted by molar-refractivity contribution is -0.122. The number of carbonyl (C=O) groups is 1. The first-order valence-electron chi connectivity index (χ1n) is 10.8. The molecule has 180 valence electrons. The molecule has 1 N–H and O–H groups in total. The highest BCUT2D eigenvalue weighted by Crippen LogP contribution is 2.29. The number of sulfonamides is 1. The van der Waals surface area contributed by atoms with Crippen LogP contribution in [0.1, 0.15) is 40.8 Å². The molecule has 0 radical (unpaired) electrons. The van der Waals surface area contributed by atoms with Crippen LogP contribution in [0.4, 0.5) is 0 Å². The fraction of sp³-hybridized carbons (Fsp3) is 0.269. The fourth-order valence-corrected chi connectivity index (χ4v) is 5.92. The number of hydrogen-bond acceptors (Lipinski definition) is 3. The molecule has 0 aliphatic carbocycles. The van der Waals surface area contributed by atoms with E-state index < -0.39 is 15.9 Å². The summed E-state index contributed by atoms with van der Waals surface area (Å²) in [6.07, 6.45) is 0. The summed E-state index contributed by atoms with van der Waals surface area (Å²) in [7, 11) is -4.11. The van der Waals surface area contributed by atoms with E-state index in [1.54, 1.807) is 12.1 Å². The molecule has 0 aliphatic rings. The summed E-state index contributed by atoms with van der Waals surface area (Å²) in [4.78, 5) is 12.9. The highest BCUT2D eigenvalue weighted by atomic mass is 35.5. The molecule has 0 saturated heterocycles. The summed E-state index contributed by atoms with van der Waals surface area (Å²) in [6, 6.07) is 17.2. The highest BCUT2D eigenvalue weighted by Gasteiger charge is 2.29. The topological polar surface area (TPSA) is 66.5 Å². The third kappa shape index (κ3) is 6.19. The number of hydrogen-bond donors (Lipinski definition) is 1. The Labute approximate surface area is 211 Å². The number of nitrogens with zero attached hydrogens (tertiary/aromatic N) is 1. The Hall–Kier alpha value is -2.38. The maximum absolute atomic E-state index is 13.5. The van der Waals surface area contributed by atoms with E-state index in [0.717, 1.165) is 26.6 Å². The number of rotatable bonds is 8. The first-order valence-corrected chi connectivity index (χ1v) is 13.0. The van der Waals surface area contributed by atoms with Gasteiger partial charge in [0.15, 0.2) is 0 Å². The van der Waals surface area contributed by atoms with Crippen LogP contribution >= 0.6 is 23.2 Å². The van der Waals surface area contributed by atoms with E-state index in [1.165, 1.54) is 23.8 Å². The first kappa shape index (κ1) is 26.2. The van der Waals surface area contributed by atoms with Crippen molar-refractivity contribution in [2.45, 2.75) is 45.2 Å². The van der Waals surface area contributed by atoms with Gasteiger partial charge in [-0.1, -0.05) is 65.7 Å². The smallest absolute Gasteiger partial charge is 0.245 e. The van der Waals surface area contributed by atoms with E-state index in [0.29, 0.717) is 0 Å². The van der Waals surface area contributed by atoms with Crippen LogP contribution in [0.25, 0.3) is 0 Å². The second kappa shape index (κ2) is 10.9. The Balaban J connectivity index is 1.89. The van der Waals surface area contributed by atoms with Gasteiger partial charge < -0.3 is 5.32 Å². The molecular formula is C26H28Cl2N2O3S. The van der Waals surface area contributed by atoms with Gasteiger partial charge in [0.25, 0.3) is 0 Å². The summed E-state index contributed by atoms with van der Waals surface area (Å²) in [5.41, 5.74) is 5.11. The predicted molar refractivity (Wildman–Crippen MR) is 138 cm³/mol. The van der Waals surface area contributed by atoms with Crippen molar-refractivity contribution >= 4 is 39.1 Å². The number of benzene rings is 3. The van der Waals surface area contributed by atoms with Crippen molar-refractivity contribution in [2.75, 3.05) is 6.54 Å². The lowest BCUT2D eigenvalue weighted by Crippen LogP contribution is -2.41. The van der Waals surface area contributed by atoms with Crippen molar-refractivity contribution in [1.29, 1.82) is 0 Å². The third-order valence-corrected chi connectivity index (χ3v) is 8.27. The zero-order valence-corrected chi connectivity index (χ0v) is 21.9. The van der Waals surface area contributed by atoms with E-state index in [1.807, 2.05) is 45.9 Å². The summed E-state index contributed by atoms with van der Waals surface area (Å²) in [5.74, 6) is -0.414. The second-order valence-electron chi connectivity index (χ2n) is 8.42. The molecule has 0 aromatic heterocycles. The van der Waals surface area contributed by atoms with Crippen LogP contribution < -0.4 is 5.32 Å². The van der Waals surface area contributed by atoms with Crippen LogP contribution in [0, 0.1) is 20.8 Å². The molecule has 34 heavy (non-hydrogen) atoms. The van der Waals surface area contributed by atoms with Crippen molar-refractivity contribution < 1.29 is 13.2 Å². The Morgan fingerprint density at radius 1 is 0.941 bits per heavy atom.